The summed E-state index contributed by atoms with van der Waals surface area (Å²) < 4.78 is 4.95. The number of hydrogen-bond donors (Lipinski definition) is 0. The predicted octanol–water partition coefficient (Wildman–Crippen LogP) is 31.1. The average Bonchev–Trinajstić information content (AvgIpc) is 1.35. The second-order valence-corrected chi connectivity index (χ2v) is 37.4. The highest BCUT2D eigenvalue weighted by Gasteiger charge is 2.47. The van der Waals surface area contributed by atoms with E-state index in [0.29, 0.717) is 0 Å². The van der Waals surface area contributed by atoms with Crippen molar-refractivity contribution < 1.29 is 0 Å². The molecule has 0 radical (unpaired) electrons. The van der Waals surface area contributed by atoms with Gasteiger partial charge in [-0.15, -0.1) is 0 Å². The highest BCUT2D eigenvalue weighted by molar-refractivity contribution is 7.00. The molecule has 0 fully saturated rings. The van der Waals surface area contributed by atoms with E-state index >= 15 is 0 Å². The molecule has 0 N–H and O–H groups in total. The molecule has 0 saturated heterocycles. The van der Waals surface area contributed by atoms with Gasteiger partial charge in [0.1, 0.15) is 0 Å². The number of anilines is 6. The van der Waals surface area contributed by atoms with Crippen LogP contribution in [0.2, 0.25) is 0 Å². The molecule has 0 bridgehead atoms. The van der Waals surface area contributed by atoms with Crippen molar-refractivity contribution in [3.63, 3.8) is 0 Å². The van der Waals surface area contributed by atoms with Crippen molar-refractivity contribution in [2.45, 2.75) is 58.3 Å². The molecule has 5 heteroatoms. The molecule has 3 aliphatic rings. The maximum atomic E-state index is 2.77. The molecule has 0 atom stereocenters. The molecule has 0 unspecified atom stereocenters. The number of benzene rings is 19. The SMILES string of the molecule is CC(C)(C)c1ccc(-c2cc(-c3ccccc3)c(N3c4cc(-c5ccc6c(c5)c5ccccc5n6-c5ccccc5)ccc4B4c5ccc(C6c7ccccc7-c7ccccc76)cc5N(c5c(-c6ccccc6)cc(-c6ccc(C(C)(C)C)cc6)cc5-c5ccccc5)c5cc(-c6ccc7c(c6)c6cccc8c9ccccc9n7c86)cc3c54)c(-c3ccccc3)c2)cc1. The van der Waals surface area contributed by atoms with Crippen molar-refractivity contribution in [1.82, 2.24) is 8.97 Å². The summed E-state index contributed by atoms with van der Waals surface area (Å²) in [4.78, 5) is 5.53. The van der Waals surface area contributed by atoms with Gasteiger partial charge in [0.15, 0.2) is 0 Å². The maximum Gasteiger partial charge on any atom is 0.252 e. The molecule has 4 nitrogen and oxygen atoms in total. The van der Waals surface area contributed by atoms with Crippen molar-refractivity contribution in [3.05, 3.63) is 452 Å². The second-order valence-electron chi connectivity index (χ2n) is 37.4. The second kappa shape index (κ2) is 29.0. The first-order valence-electron chi connectivity index (χ1n) is 45.1. The monoisotopic (exact) mass is 1630 g/mol. The van der Waals surface area contributed by atoms with Crippen LogP contribution in [0.3, 0.4) is 0 Å². The van der Waals surface area contributed by atoms with Crippen molar-refractivity contribution >= 4 is 117 Å². The number of aromatic nitrogens is 2. The van der Waals surface area contributed by atoms with Crippen LogP contribution in [0.1, 0.15) is 75.3 Å². The quantitative estimate of drug-likeness (QED) is 0.113. The average molecular weight is 1630 g/mol. The summed E-state index contributed by atoms with van der Waals surface area (Å²) in [7, 11) is 0. The smallest absolute Gasteiger partial charge is 0.252 e. The van der Waals surface area contributed by atoms with Gasteiger partial charge >= 0.3 is 0 Å². The summed E-state index contributed by atoms with van der Waals surface area (Å²) >= 11 is 0. The first-order chi connectivity index (χ1) is 62.8. The number of fused-ring (bicyclic) bond motifs is 16. The standard InChI is InChI=1S/C123H89BN4/c1-122(2,3)90-59-51-77(52-60-90)87-69-101(79-31-12-7-13-32-79)120(102(70-87)80-33-14-8-15-34-80)127-113-73-85(83-57-65-111-105(67-83)96-44-27-28-49-109(96)125(111)92-39-20-11-21-40-92)55-63-107(113)124-108-64-56-86(117-97-45-24-22-41-93(97)94-42-23-25-46-98(94)117)74-114(108)128(121-103(81-35-16-9-17-36-81)71-88(72-104(121)82-37-18-10-19-38-82)78-53-61-91(62-54-78)123(4,5)6)116-76-89(75-115(127)118(116)124)84-58-66-112-106(68-84)100-48-30-47-99-95-43-26-29-50-110(95)126(112)119(99)100/h7-76,117H,1-6H3. The maximum absolute atomic E-state index is 2.77. The fourth-order valence-electron chi connectivity index (χ4n) is 21.9. The fourth-order valence-corrected chi connectivity index (χ4v) is 21.9. The van der Waals surface area contributed by atoms with Crippen LogP contribution in [-0.2, 0) is 10.8 Å². The first kappa shape index (κ1) is 75.0. The van der Waals surface area contributed by atoms with Crippen LogP contribution in [-0.4, -0.2) is 15.7 Å². The molecule has 0 saturated carbocycles. The van der Waals surface area contributed by atoms with Gasteiger partial charge < -0.3 is 18.8 Å². The van der Waals surface area contributed by atoms with Crippen molar-refractivity contribution in [2.24, 2.45) is 0 Å². The van der Waals surface area contributed by atoms with E-state index in [1.54, 1.807) is 0 Å². The minimum atomic E-state index is -0.317. The Morgan fingerprint density at radius 2 is 0.586 bits per heavy atom. The summed E-state index contributed by atoms with van der Waals surface area (Å²) in [5.41, 5.74) is 44.4. The molecule has 22 aromatic rings. The third kappa shape index (κ3) is 11.8. The zero-order chi connectivity index (χ0) is 85.4. The van der Waals surface area contributed by atoms with Gasteiger partial charge in [0.25, 0.3) is 6.71 Å². The van der Waals surface area contributed by atoms with Gasteiger partial charge in [0, 0.05) is 88.9 Å². The first-order valence-corrected chi connectivity index (χ1v) is 45.1. The van der Waals surface area contributed by atoms with Gasteiger partial charge in [-0.1, -0.05) is 369 Å². The normalized spacial score (nSPS) is 13.0. The summed E-state index contributed by atoms with van der Waals surface area (Å²) in [5.74, 6) is -0.0605. The van der Waals surface area contributed by atoms with E-state index < -0.39 is 0 Å². The zero-order valence-electron chi connectivity index (χ0n) is 72.4. The Kier molecular flexibility index (Phi) is 17.0. The molecule has 0 spiro atoms. The van der Waals surface area contributed by atoms with Crippen LogP contribution in [0.25, 0.3) is 166 Å². The fraction of sp³-hybridized carbons (Fsp3) is 0.0732. The number of nitrogens with zero attached hydrogens (tertiary/aromatic N) is 4. The Bertz CT molecular complexity index is 8070. The number of para-hydroxylation sites is 4. The van der Waals surface area contributed by atoms with E-state index in [4.69, 9.17) is 0 Å². The molecule has 0 amide bonds. The molecule has 1 aliphatic carbocycles. The van der Waals surface area contributed by atoms with E-state index in [-0.39, 0.29) is 23.5 Å². The lowest BCUT2D eigenvalue weighted by Gasteiger charge is -2.46. The van der Waals surface area contributed by atoms with Crippen LogP contribution in [0, 0.1) is 0 Å². The van der Waals surface area contributed by atoms with E-state index in [9.17, 15) is 0 Å². The van der Waals surface area contributed by atoms with Crippen LogP contribution in [0.15, 0.2) is 425 Å². The van der Waals surface area contributed by atoms with Crippen LogP contribution < -0.4 is 26.2 Å². The minimum Gasteiger partial charge on any atom is -0.310 e. The van der Waals surface area contributed by atoms with E-state index in [1.165, 1.54) is 110 Å². The molecule has 128 heavy (non-hydrogen) atoms. The number of hydrogen-bond acceptors (Lipinski definition) is 2. The summed E-state index contributed by atoms with van der Waals surface area (Å²) in [6.45, 7) is 13.5. The van der Waals surface area contributed by atoms with E-state index in [1.807, 2.05) is 0 Å². The predicted molar refractivity (Wildman–Crippen MR) is 543 cm³/mol. The Morgan fingerprint density at radius 3 is 1.09 bits per heavy atom. The van der Waals surface area contributed by atoms with Gasteiger partial charge in [0.2, 0.25) is 0 Å². The van der Waals surface area contributed by atoms with Crippen LogP contribution in [0.5, 0.6) is 0 Å². The van der Waals surface area contributed by atoms with Crippen LogP contribution >= 0.6 is 0 Å². The van der Waals surface area contributed by atoms with Crippen molar-refractivity contribution in [2.75, 3.05) is 9.80 Å². The Balaban J connectivity index is 0.846. The van der Waals surface area contributed by atoms with Gasteiger partial charge in [-0.3, -0.25) is 0 Å². The largest absolute Gasteiger partial charge is 0.310 e. The summed E-state index contributed by atoms with van der Waals surface area (Å²) in [6.07, 6.45) is 0. The van der Waals surface area contributed by atoms with Gasteiger partial charge in [0.05, 0.1) is 39.0 Å². The van der Waals surface area contributed by atoms with Crippen molar-refractivity contribution in [1.29, 1.82) is 0 Å². The zero-order valence-corrected chi connectivity index (χ0v) is 72.4. The summed E-state index contributed by atoms with van der Waals surface area (Å²) in [6, 6.07) is 163. The van der Waals surface area contributed by atoms with Gasteiger partial charge in [-0.2, -0.15) is 0 Å². The minimum absolute atomic E-state index is 0.0372. The molecule has 3 aromatic heterocycles. The lowest BCUT2D eigenvalue weighted by atomic mass is 9.33. The molecule has 25 rings (SSSR count). The van der Waals surface area contributed by atoms with E-state index in [0.717, 1.165) is 134 Å². The topological polar surface area (TPSA) is 15.8 Å². The van der Waals surface area contributed by atoms with Crippen molar-refractivity contribution in [3.8, 4) is 106 Å². The third-order valence-electron chi connectivity index (χ3n) is 28.0. The molecular formula is C123H89BN4. The lowest BCUT2D eigenvalue weighted by Crippen LogP contribution is -2.61. The molecule has 604 valence electrons. The number of rotatable bonds is 12. The Hall–Kier alpha value is -15.6. The molecule has 5 heterocycles. The highest BCUT2D eigenvalue weighted by Crippen LogP contribution is 2.58. The Labute approximate surface area is 747 Å². The Morgan fingerprint density at radius 1 is 0.234 bits per heavy atom. The van der Waals surface area contributed by atoms with Gasteiger partial charge in [-0.05, 0) is 230 Å². The lowest BCUT2D eigenvalue weighted by molar-refractivity contribution is 0.590. The highest BCUT2D eigenvalue weighted by atomic mass is 15.2. The van der Waals surface area contributed by atoms with Gasteiger partial charge in [-0.25, -0.2) is 0 Å². The van der Waals surface area contributed by atoms with E-state index in [2.05, 4.69) is 485 Å². The third-order valence-corrected chi connectivity index (χ3v) is 28.0. The van der Waals surface area contributed by atoms with Crippen LogP contribution in [0.4, 0.5) is 34.1 Å². The summed E-state index contributed by atoms with van der Waals surface area (Å²) in [5, 5.41) is 7.39. The molecule has 19 aromatic carbocycles. The molecule has 2 aliphatic heterocycles. The molecular weight excluding hydrogens is 1540 g/mol.